The molecule has 0 bridgehead atoms. The van der Waals surface area contributed by atoms with Gasteiger partial charge in [-0.1, -0.05) is 5.92 Å². The smallest absolute Gasteiger partial charge is 0.417 e. The molecule has 0 radical (unpaired) electrons. The number of nitrogens with one attached hydrogen (secondary N) is 2. The third-order valence-corrected chi connectivity index (χ3v) is 8.30. The van der Waals surface area contributed by atoms with Gasteiger partial charge in [0.25, 0.3) is 5.91 Å². The topological polar surface area (TPSA) is 147 Å². The second kappa shape index (κ2) is 12.7. The van der Waals surface area contributed by atoms with E-state index in [0.29, 0.717) is 70.4 Å². The Hall–Kier alpha value is -4.95. The lowest BCUT2D eigenvalue weighted by Gasteiger charge is -2.55. The Balaban J connectivity index is 1.24. The summed E-state index contributed by atoms with van der Waals surface area (Å²) in [6.45, 7) is 6.60. The zero-order chi connectivity index (χ0) is 33.3. The van der Waals surface area contributed by atoms with Crippen molar-refractivity contribution < 1.29 is 37.0 Å². The second-order valence-corrected chi connectivity index (χ2v) is 11.7. The molecule has 3 aromatic heterocycles. The highest BCUT2D eigenvalue weighted by molar-refractivity contribution is 5.95. The second-order valence-electron chi connectivity index (χ2n) is 11.7. The molecule has 17 heteroatoms. The van der Waals surface area contributed by atoms with Gasteiger partial charge in [-0.2, -0.15) is 13.2 Å². The first kappa shape index (κ1) is 32.0. The van der Waals surface area contributed by atoms with Gasteiger partial charge in [-0.15, -0.1) is 5.10 Å². The lowest BCUT2D eigenvalue weighted by Crippen LogP contribution is -2.66. The third kappa shape index (κ3) is 6.79. The summed E-state index contributed by atoms with van der Waals surface area (Å²) >= 11 is 0. The lowest BCUT2D eigenvalue weighted by atomic mass is 9.78. The summed E-state index contributed by atoms with van der Waals surface area (Å²) in [6.07, 6.45) is -3.00. The molecule has 0 aromatic carbocycles. The van der Waals surface area contributed by atoms with Crippen LogP contribution in [0.5, 0.6) is 0 Å². The van der Waals surface area contributed by atoms with Crippen LogP contribution in [0.4, 0.5) is 29.6 Å². The van der Waals surface area contributed by atoms with E-state index < -0.39 is 23.7 Å². The SMILES string of the molecule is CC#CC(=O)NCC(=O)N1CCN(Cc2cc3c(N4CC5(COC5)C4)nc(-c4cnc(NC(=O)OC)cc4C(F)(F)F)nn3c2)CC1. The van der Waals surface area contributed by atoms with Crippen molar-refractivity contribution in [3.8, 4) is 23.2 Å². The number of amides is 3. The van der Waals surface area contributed by atoms with Gasteiger partial charge in [-0.05, 0) is 30.5 Å². The van der Waals surface area contributed by atoms with Crippen LogP contribution >= 0.6 is 0 Å². The number of piperazine rings is 1. The summed E-state index contributed by atoms with van der Waals surface area (Å²) in [7, 11) is 1.09. The standard InChI is InChI=1S/C30H32F3N9O5/c1-3-4-24(43)35-12-25(44)40-7-5-39(6-8-40)13-19-9-22-27(41-15-29(16-41)17-47-18-29)37-26(38-42(22)14-19)20-11-34-23(36-28(45)46-2)10-21(20)30(31,32)33/h9-11,14H,5-8,12-13,15-18H2,1-2H3,(H,35,43)(H,34,36,45). The monoisotopic (exact) mass is 655 g/mol. The summed E-state index contributed by atoms with van der Waals surface area (Å²) in [5, 5.41) is 9.14. The van der Waals surface area contributed by atoms with Gasteiger partial charge in [0, 0.05) is 58.2 Å². The molecule has 6 heterocycles. The molecular weight excluding hydrogens is 623 g/mol. The van der Waals surface area contributed by atoms with Crippen LogP contribution < -0.4 is 15.5 Å². The number of hydrogen-bond donors (Lipinski definition) is 2. The number of ether oxygens (including phenoxy) is 2. The number of carbonyl (C=O) groups is 3. The number of hydrogen-bond acceptors (Lipinski definition) is 10. The Kier molecular flexibility index (Phi) is 8.64. The molecule has 2 N–H and O–H groups in total. The lowest BCUT2D eigenvalue weighted by molar-refractivity contribution is -0.137. The molecule has 3 aliphatic rings. The average Bonchev–Trinajstić information content (AvgIpc) is 3.41. The Bertz CT molecular complexity index is 1760. The van der Waals surface area contributed by atoms with Crippen molar-refractivity contribution in [2.24, 2.45) is 5.41 Å². The highest BCUT2D eigenvalue weighted by Crippen LogP contribution is 2.42. The Morgan fingerprint density at radius 2 is 1.87 bits per heavy atom. The molecule has 0 atom stereocenters. The largest absolute Gasteiger partial charge is 0.453 e. The van der Waals surface area contributed by atoms with Crippen LogP contribution in [0.2, 0.25) is 0 Å². The number of nitrogens with zero attached hydrogens (tertiary/aromatic N) is 7. The van der Waals surface area contributed by atoms with Gasteiger partial charge in [0.2, 0.25) is 5.91 Å². The van der Waals surface area contributed by atoms with Gasteiger partial charge < -0.3 is 24.6 Å². The minimum atomic E-state index is -4.80. The Labute approximate surface area is 267 Å². The molecule has 1 spiro atoms. The maximum atomic E-state index is 14.3. The number of carbonyl (C=O) groups excluding carboxylic acids is 3. The van der Waals surface area contributed by atoms with Gasteiger partial charge in [-0.25, -0.2) is 19.3 Å². The zero-order valence-corrected chi connectivity index (χ0v) is 25.7. The quantitative estimate of drug-likeness (QED) is 0.360. The zero-order valence-electron chi connectivity index (χ0n) is 25.7. The number of fused-ring (bicyclic) bond motifs is 1. The molecule has 6 rings (SSSR count). The Morgan fingerprint density at radius 1 is 1.13 bits per heavy atom. The number of halogens is 3. The number of methoxy groups -OCH3 is 1. The number of aromatic nitrogens is 4. The van der Waals surface area contributed by atoms with Crippen LogP contribution in [0, 0.1) is 17.3 Å². The molecule has 3 aliphatic heterocycles. The minimum absolute atomic E-state index is 0.0146. The highest BCUT2D eigenvalue weighted by Gasteiger charge is 2.50. The van der Waals surface area contributed by atoms with E-state index in [1.807, 2.05) is 11.0 Å². The van der Waals surface area contributed by atoms with E-state index in [-0.39, 0.29) is 35.1 Å². The number of pyridine rings is 1. The summed E-state index contributed by atoms with van der Waals surface area (Å²) in [4.78, 5) is 50.2. The molecular formula is C30H32F3N9O5. The molecule has 3 aromatic rings. The summed E-state index contributed by atoms with van der Waals surface area (Å²) in [5.41, 5.74) is 0.128. The highest BCUT2D eigenvalue weighted by atomic mass is 19.4. The van der Waals surface area contributed by atoms with Crippen LogP contribution in [0.1, 0.15) is 18.1 Å². The fourth-order valence-electron chi connectivity index (χ4n) is 5.89. The van der Waals surface area contributed by atoms with Crippen LogP contribution in [-0.4, -0.2) is 113 Å². The fourth-order valence-corrected chi connectivity index (χ4v) is 5.89. The van der Waals surface area contributed by atoms with Crippen LogP contribution in [-0.2, 0) is 31.8 Å². The van der Waals surface area contributed by atoms with Crippen molar-refractivity contribution in [3.05, 3.63) is 35.7 Å². The first-order chi connectivity index (χ1) is 22.5. The molecule has 3 saturated heterocycles. The first-order valence-electron chi connectivity index (χ1n) is 14.8. The van der Waals surface area contributed by atoms with E-state index in [4.69, 9.17) is 4.74 Å². The maximum absolute atomic E-state index is 14.3. The van der Waals surface area contributed by atoms with E-state index in [1.54, 1.807) is 18.0 Å². The van der Waals surface area contributed by atoms with Gasteiger partial charge >= 0.3 is 12.3 Å². The van der Waals surface area contributed by atoms with E-state index in [9.17, 15) is 27.6 Å². The van der Waals surface area contributed by atoms with Gasteiger partial charge in [0.05, 0.1) is 43.4 Å². The van der Waals surface area contributed by atoms with Crippen molar-refractivity contribution in [2.45, 2.75) is 19.6 Å². The minimum Gasteiger partial charge on any atom is -0.453 e. The van der Waals surface area contributed by atoms with E-state index in [0.717, 1.165) is 24.9 Å². The molecule has 248 valence electrons. The van der Waals surface area contributed by atoms with Gasteiger partial charge in [-0.3, -0.25) is 19.8 Å². The van der Waals surface area contributed by atoms with Crippen LogP contribution in [0.3, 0.4) is 0 Å². The van der Waals surface area contributed by atoms with Crippen LogP contribution in [0.25, 0.3) is 16.9 Å². The maximum Gasteiger partial charge on any atom is 0.417 e. The molecule has 0 unspecified atom stereocenters. The molecule has 47 heavy (non-hydrogen) atoms. The van der Waals surface area contributed by atoms with Crippen molar-refractivity contribution in [3.63, 3.8) is 0 Å². The third-order valence-electron chi connectivity index (χ3n) is 8.30. The van der Waals surface area contributed by atoms with Crippen molar-refractivity contribution in [1.29, 1.82) is 0 Å². The molecule has 3 amide bonds. The fraction of sp³-hybridized carbons (Fsp3) is 0.467. The normalized spacial score (nSPS) is 17.4. The number of rotatable bonds is 7. The number of alkyl halides is 3. The predicted octanol–water partition coefficient (Wildman–Crippen LogP) is 1.61. The number of anilines is 2. The van der Waals surface area contributed by atoms with E-state index in [2.05, 4.69) is 47.2 Å². The van der Waals surface area contributed by atoms with E-state index >= 15 is 0 Å². The van der Waals surface area contributed by atoms with Crippen molar-refractivity contribution >= 4 is 35.1 Å². The van der Waals surface area contributed by atoms with Gasteiger partial charge in [0.15, 0.2) is 11.6 Å². The Morgan fingerprint density at radius 3 is 2.51 bits per heavy atom. The summed E-state index contributed by atoms with van der Waals surface area (Å²) in [6, 6.07) is 2.65. The molecule has 0 aliphatic carbocycles. The molecule has 14 nitrogen and oxygen atoms in total. The summed E-state index contributed by atoms with van der Waals surface area (Å²) < 4.78 is 54.3. The molecule has 0 saturated carbocycles. The van der Waals surface area contributed by atoms with Crippen LogP contribution in [0.15, 0.2) is 24.5 Å². The van der Waals surface area contributed by atoms with Crippen molar-refractivity contribution in [1.82, 2.24) is 34.7 Å². The average molecular weight is 656 g/mol. The molecule has 3 fully saturated rings. The van der Waals surface area contributed by atoms with Gasteiger partial charge in [0.1, 0.15) is 11.3 Å². The van der Waals surface area contributed by atoms with Crippen molar-refractivity contribution in [2.75, 3.05) is 76.4 Å². The van der Waals surface area contributed by atoms with E-state index in [1.165, 1.54) is 4.52 Å². The summed E-state index contributed by atoms with van der Waals surface area (Å²) in [5.74, 6) is 4.13. The first-order valence-corrected chi connectivity index (χ1v) is 14.8. The predicted molar refractivity (Wildman–Crippen MR) is 161 cm³/mol.